The maximum Gasteiger partial charge on any atom is 0.253 e. The van der Waals surface area contributed by atoms with Crippen LogP contribution in [0.3, 0.4) is 0 Å². The fraction of sp³-hybridized carbons (Fsp3) is 0.364. The Kier molecular flexibility index (Phi) is 4.75. The number of aliphatic hydroxyl groups excluding tert-OH is 1. The van der Waals surface area contributed by atoms with Crippen LogP contribution >= 0.6 is 0 Å². The molecule has 1 aromatic carbocycles. The van der Waals surface area contributed by atoms with Gasteiger partial charge in [0.1, 0.15) is 0 Å². The number of hydrogen-bond acceptors (Lipinski definition) is 4. The number of nitrogens with one attached hydrogen (secondary N) is 1. The van der Waals surface area contributed by atoms with Crippen LogP contribution in [0.2, 0.25) is 0 Å². The van der Waals surface area contributed by atoms with Crippen LogP contribution in [-0.4, -0.2) is 37.4 Å². The van der Waals surface area contributed by atoms with E-state index in [0.717, 1.165) is 0 Å². The predicted octanol–water partition coefficient (Wildman–Crippen LogP) is 0.00590. The summed E-state index contributed by atoms with van der Waals surface area (Å²) in [7, 11) is 1.51. The van der Waals surface area contributed by atoms with Crippen molar-refractivity contribution < 1.29 is 14.6 Å². The molecule has 1 amide bonds. The molecule has 16 heavy (non-hydrogen) atoms. The number of benzene rings is 1. The zero-order valence-corrected chi connectivity index (χ0v) is 9.14. The number of aliphatic hydroxyl groups is 1. The van der Waals surface area contributed by atoms with E-state index < -0.39 is 6.04 Å². The van der Waals surface area contributed by atoms with Crippen LogP contribution in [-0.2, 0) is 4.74 Å². The number of amides is 1. The van der Waals surface area contributed by atoms with Gasteiger partial charge in [0.05, 0.1) is 24.8 Å². The second-order valence-corrected chi connectivity index (χ2v) is 3.40. The van der Waals surface area contributed by atoms with Gasteiger partial charge in [-0.15, -0.1) is 0 Å². The molecular formula is C11H16N2O3. The summed E-state index contributed by atoms with van der Waals surface area (Å²) >= 11 is 0. The summed E-state index contributed by atoms with van der Waals surface area (Å²) in [5, 5.41) is 11.6. The summed E-state index contributed by atoms with van der Waals surface area (Å²) in [6.07, 6.45) is 0. The molecule has 88 valence electrons. The lowest BCUT2D eigenvalue weighted by Gasteiger charge is -2.15. The average molecular weight is 224 g/mol. The third-order valence-electron chi connectivity index (χ3n) is 2.13. The first-order valence-electron chi connectivity index (χ1n) is 4.94. The predicted molar refractivity (Wildman–Crippen MR) is 61.1 cm³/mol. The first kappa shape index (κ1) is 12.5. The zero-order chi connectivity index (χ0) is 12.0. The number of rotatable bonds is 5. The summed E-state index contributed by atoms with van der Waals surface area (Å²) in [6, 6.07) is 6.35. The lowest BCUT2D eigenvalue weighted by atomic mass is 10.1. The number of carbonyl (C=O) groups is 1. The molecule has 1 unspecified atom stereocenters. The van der Waals surface area contributed by atoms with E-state index in [-0.39, 0.29) is 19.1 Å². The van der Waals surface area contributed by atoms with Gasteiger partial charge in [0.15, 0.2) is 0 Å². The van der Waals surface area contributed by atoms with Crippen LogP contribution in [0.25, 0.3) is 0 Å². The molecular weight excluding hydrogens is 208 g/mol. The van der Waals surface area contributed by atoms with E-state index in [4.69, 9.17) is 15.6 Å². The van der Waals surface area contributed by atoms with Gasteiger partial charge in [0.2, 0.25) is 0 Å². The van der Waals surface area contributed by atoms with E-state index in [1.807, 2.05) is 0 Å². The van der Waals surface area contributed by atoms with Gasteiger partial charge in [-0.2, -0.15) is 0 Å². The van der Waals surface area contributed by atoms with Crippen molar-refractivity contribution in [2.75, 3.05) is 26.1 Å². The van der Waals surface area contributed by atoms with Gasteiger partial charge in [0.25, 0.3) is 5.91 Å². The molecule has 5 heteroatoms. The SMILES string of the molecule is COCC(CO)NC(=O)c1ccccc1N. The van der Waals surface area contributed by atoms with Gasteiger partial charge in [-0.25, -0.2) is 0 Å². The van der Waals surface area contributed by atoms with Crippen molar-refractivity contribution in [2.45, 2.75) is 6.04 Å². The lowest BCUT2D eigenvalue weighted by molar-refractivity contribution is 0.0840. The molecule has 1 rings (SSSR count). The minimum Gasteiger partial charge on any atom is -0.398 e. The van der Waals surface area contributed by atoms with Gasteiger partial charge in [0, 0.05) is 12.8 Å². The molecule has 0 saturated carbocycles. The number of anilines is 1. The third-order valence-corrected chi connectivity index (χ3v) is 2.13. The van der Waals surface area contributed by atoms with Crippen molar-refractivity contribution in [2.24, 2.45) is 0 Å². The van der Waals surface area contributed by atoms with E-state index >= 15 is 0 Å². The number of ether oxygens (including phenoxy) is 1. The van der Waals surface area contributed by atoms with Crippen LogP contribution < -0.4 is 11.1 Å². The second kappa shape index (κ2) is 6.09. The monoisotopic (exact) mass is 224 g/mol. The highest BCUT2D eigenvalue weighted by Crippen LogP contribution is 2.10. The Balaban J connectivity index is 2.68. The Morgan fingerprint density at radius 2 is 2.25 bits per heavy atom. The average Bonchev–Trinajstić information content (AvgIpc) is 2.28. The first-order valence-corrected chi connectivity index (χ1v) is 4.94. The van der Waals surface area contributed by atoms with Gasteiger partial charge < -0.3 is 20.9 Å². The maximum atomic E-state index is 11.8. The highest BCUT2D eigenvalue weighted by Gasteiger charge is 2.14. The van der Waals surface area contributed by atoms with Gasteiger partial charge in [-0.1, -0.05) is 12.1 Å². The van der Waals surface area contributed by atoms with E-state index in [9.17, 15) is 4.79 Å². The number of para-hydroxylation sites is 1. The second-order valence-electron chi connectivity index (χ2n) is 3.40. The fourth-order valence-corrected chi connectivity index (χ4v) is 1.31. The number of methoxy groups -OCH3 is 1. The van der Waals surface area contributed by atoms with Crippen molar-refractivity contribution in [3.63, 3.8) is 0 Å². The van der Waals surface area contributed by atoms with Crippen molar-refractivity contribution in [1.82, 2.24) is 5.32 Å². The Morgan fingerprint density at radius 3 is 2.81 bits per heavy atom. The first-order chi connectivity index (χ1) is 7.69. The minimum absolute atomic E-state index is 0.174. The molecule has 0 aliphatic carbocycles. The Hall–Kier alpha value is -1.59. The molecule has 0 aliphatic heterocycles. The molecule has 0 aliphatic rings. The van der Waals surface area contributed by atoms with E-state index in [1.165, 1.54) is 7.11 Å². The summed E-state index contributed by atoms with van der Waals surface area (Å²) in [4.78, 5) is 11.8. The molecule has 0 radical (unpaired) electrons. The van der Waals surface area contributed by atoms with E-state index in [1.54, 1.807) is 24.3 Å². The molecule has 0 spiro atoms. The minimum atomic E-state index is -0.419. The summed E-state index contributed by atoms with van der Waals surface area (Å²) in [6.45, 7) is 0.0846. The highest BCUT2D eigenvalue weighted by atomic mass is 16.5. The number of hydrogen-bond donors (Lipinski definition) is 3. The standard InChI is InChI=1S/C11H16N2O3/c1-16-7-8(6-14)13-11(15)9-4-2-3-5-10(9)12/h2-5,8,14H,6-7,12H2,1H3,(H,13,15). The lowest BCUT2D eigenvalue weighted by Crippen LogP contribution is -2.40. The summed E-state index contributed by atoms with van der Waals surface area (Å²) in [5.74, 6) is -0.311. The quantitative estimate of drug-likeness (QED) is 0.615. The van der Waals surface area contributed by atoms with Crippen LogP contribution in [0.5, 0.6) is 0 Å². The molecule has 1 aromatic rings. The molecule has 0 bridgehead atoms. The summed E-state index contributed by atoms with van der Waals surface area (Å²) in [5.41, 5.74) is 6.47. The van der Waals surface area contributed by atoms with Gasteiger partial charge >= 0.3 is 0 Å². The molecule has 5 nitrogen and oxygen atoms in total. The molecule has 0 saturated heterocycles. The zero-order valence-electron chi connectivity index (χ0n) is 9.14. The number of carbonyl (C=O) groups excluding carboxylic acids is 1. The number of nitrogens with two attached hydrogens (primary N) is 1. The van der Waals surface area contributed by atoms with Crippen LogP contribution in [0.4, 0.5) is 5.69 Å². The van der Waals surface area contributed by atoms with E-state index in [2.05, 4.69) is 5.32 Å². The maximum absolute atomic E-state index is 11.8. The van der Waals surface area contributed by atoms with Gasteiger partial charge in [-0.05, 0) is 12.1 Å². The fourth-order valence-electron chi connectivity index (χ4n) is 1.31. The van der Waals surface area contributed by atoms with Crippen molar-refractivity contribution >= 4 is 11.6 Å². The molecule has 0 heterocycles. The Bertz CT molecular complexity index is 355. The summed E-state index contributed by atoms with van der Waals surface area (Å²) < 4.78 is 4.86. The number of nitrogen functional groups attached to an aromatic ring is 1. The highest BCUT2D eigenvalue weighted by molar-refractivity contribution is 5.99. The van der Waals surface area contributed by atoms with E-state index in [0.29, 0.717) is 11.3 Å². The smallest absolute Gasteiger partial charge is 0.253 e. The van der Waals surface area contributed by atoms with Crippen molar-refractivity contribution in [1.29, 1.82) is 0 Å². The molecule has 0 aromatic heterocycles. The van der Waals surface area contributed by atoms with Crippen LogP contribution in [0, 0.1) is 0 Å². The van der Waals surface area contributed by atoms with Crippen LogP contribution in [0.1, 0.15) is 10.4 Å². The third kappa shape index (κ3) is 3.22. The topological polar surface area (TPSA) is 84.6 Å². The molecule has 4 N–H and O–H groups in total. The Morgan fingerprint density at radius 1 is 1.56 bits per heavy atom. The van der Waals surface area contributed by atoms with Crippen molar-refractivity contribution in [3.05, 3.63) is 29.8 Å². The van der Waals surface area contributed by atoms with Gasteiger partial charge in [-0.3, -0.25) is 4.79 Å². The van der Waals surface area contributed by atoms with Crippen molar-refractivity contribution in [3.8, 4) is 0 Å². The van der Waals surface area contributed by atoms with Crippen LogP contribution in [0.15, 0.2) is 24.3 Å². The Labute approximate surface area is 94.2 Å². The molecule has 0 fully saturated rings. The molecule has 1 atom stereocenters. The largest absolute Gasteiger partial charge is 0.398 e. The normalized spacial score (nSPS) is 12.1.